The van der Waals surface area contributed by atoms with Crippen molar-refractivity contribution < 1.29 is 44.8 Å². The van der Waals surface area contributed by atoms with Crippen molar-refractivity contribution in [3.63, 3.8) is 0 Å². The SMILES string of the molecule is CCCCCCCCCCCCNC[C@H]1O[C@H](OC2O[C@H](CNCCCCCCCCCCCC)[C@@H](O)[C@H](O)[C@H]2O)[C@H](O)[C@@H](O)[C@@H]1O. The van der Waals surface area contributed by atoms with Crippen LogP contribution in [-0.4, -0.2) is 118 Å². The minimum absolute atomic E-state index is 0.239. The molecule has 0 aromatic rings. The van der Waals surface area contributed by atoms with E-state index in [1.807, 2.05) is 0 Å². The molecule has 11 nitrogen and oxygen atoms in total. The van der Waals surface area contributed by atoms with E-state index in [0.29, 0.717) is 0 Å². The Bertz CT molecular complexity index is 681. The van der Waals surface area contributed by atoms with Crippen LogP contribution in [0.1, 0.15) is 142 Å². The molecule has 0 amide bonds. The van der Waals surface area contributed by atoms with E-state index in [9.17, 15) is 30.6 Å². The van der Waals surface area contributed by atoms with Gasteiger partial charge in [0.1, 0.15) is 48.8 Å². The topological polar surface area (TPSA) is 173 Å². The predicted molar refractivity (Wildman–Crippen MR) is 184 cm³/mol. The van der Waals surface area contributed by atoms with Crippen LogP contribution in [0.5, 0.6) is 0 Å². The van der Waals surface area contributed by atoms with Gasteiger partial charge in [-0.25, -0.2) is 0 Å². The molecule has 280 valence electrons. The average Bonchev–Trinajstić information content (AvgIpc) is 3.07. The van der Waals surface area contributed by atoms with Crippen molar-refractivity contribution in [3.8, 4) is 0 Å². The number of unbranched alkanes of at least 4 members (excludes halogenated alkanes) is 18. The van der Waals surface area contributed by atoms with E-state index in [0.717, 1.165) is 38.8 Å². The third kappa shape index (κ3) is 16.9. The molecule has 47 heavy (non-hydrogen) atoms. The first-order valence-electron chi connectivity index (χ1n) is 19.3. The number of aliphatic hydroxyl groups is 6. The molecule has 1 unspecified atom stereocenters. The summed E-state index contributed by atoms with van der Waals surface area (Å²) in [6.45, 7) is 6.41. The van der Waals surface area contributed by atoms with Crippen molar-refractivity contribution in [1.82, 2.24) is 10.6 Å². The van der Waals surface area contributed by atoms with Gasteiger partial charge in [0.2, 0.25) is 0 Å². The fourth-order valence-electron chi connectivity index (χ4n) is 6.49. The highest BCUT2D eigenvalue weighted by molar-refractivity contribution is 4.93. The first-order chi connectivity index (χ1) is 22.8. The highest BCUT2D eigenvalue weighted by Gasteiger charge is 2.49. The second kappa shape index (κ2) is 26.4. The second-order valence-electron chi connectivity index (χ2n) is 13.9. The van der Waals surface area contributed by atoms with Crippen LogP contribution in [0.4, 0.5) is 0 Å². The molecule has 11 heteroatoms. The molecule has 2 heterocycles. The number of ether oxygens (including phenoxy) is 3. The molecule has 0 bridgehead atoms. The Morgan fingerprint density at radius 3 is 1.02 bits per heavy atom. The minimum Gasteiger partial charge on any atom is -0.388 e. The summed E-state index contributed by atoms with van der Waals surface area (Å²) >= 11 is 0. The molecule has 0 aliphatic carbocycles. The van der Waals surface area contributed by atoms with E-state index in [-0.39, 0.29) is 13.1 Å². The molecule has 2 fully saturated rings. The predicted octanol–water partition coefficient (Wildman–Crippen LogP) is 3.64. The van der Waals surface area contributed by atoms with Gasteiger partial charge in [0.15, 0.2) is 12.6 Å². The van der Waals surface area contributed by atoms with E-state index in [4.69, 9.17) is 14.2 Å². The summed E-state index contributed by atoms with van der Waals surface area (Å²) in [6, 6.07) is 0. The molecule has 2 aliphatic heterocycles. The summed E-state index contributed by atoms with van der Waals surface area (Å²) in [5.74, 6) is 0. The molecular weight excluding hydrogens is 604 g/mol. The van der Waals surface area contributed by atoms with Gasteiger partial charge in [0, 0.05) is 13.1 Å². The highest BCUT2D eigenvalue weighted by Crippen LogP contribution is 2.28. The van der Waals surface area contributed by atoms with Crippen LogP contribution in [0.15, 0.2) is 0 Å². The van der Waals surface area contributed by atoms with Gasteiger partial charge < -0.3 is 55.5 Å². The molecule has 8 N–H and O–H groups in total. The van der Waals surface area contributed by atoms with Gasteiger partial charge in [-0.3, -0.25) is 0 Å². The maximum atomic E-state index is 10.6. The molecular formula is C36H72N2O9. The van der Waals surface area contributed by atoms with Gasteiger partial charge in [-0.15, -0.1) is 0 Å². The van der Waals surface area contributed by atoms with Gasteiger partial charge in [-0.1, -0.05) is 129 Å². The Morgan fingerprint density at radius 2 is 0.702 bits per heavy atom. The summed E-state index contributed by atoms with van der Waals surface area (Å²) in [5, 5.41) is 69.8. The Hall–Kier alpha value is -0.440. The lowest BCUT2D eigenvalue weighted by Crippen LogP contribution is -2.64. The number of nitrogens with one attached hydrogen (secondary N) is 2. The summed E-state index contributed by atoms with van der Waals surface area (Å²) < 4.78 is 17.4. The molecule has 0 aromatic heterocycles. The smallest absolute Gasteiger partial charge is 0.189 e. The van der Waals surface area contributed by atoms with E-state index < -0.39 is 61.4 Å². The summed E-state index contributed by atoms with van der Waals surface area (Å²) in [7, 11) is 0. The van der Waals surface area contributed by atoms with Crippen LogP contribution in [0.3, 0.4) is 0 Å². The van der Waals surface area contributed by atoms with Gasteiger partial charge >= 0.3 is 0 Å². The Labute approximate surface area is 285 Å². The van der Waals surface area contributed by atoms with Gasteiger partial charge in [0.05, 0.1) is 0 Å². The maximum Gasteiger partial charge on any atom is 0.189 e. The van der Waals surface area contributed by atoms with Crippen LogP contribution in [0.25, 0.3) is 0 Å². The van der Waals surface area contributed by atoms with E-state index >= 15 is 0 Å². The standard InChI is InChI=1S/C36H72N2O9/c1-3-5-7-9-11-13-15-17-19-21-23-37-25-27-29(39)31(41)33(43)35(45-27)47-36-34(44)32(42)30(40)28(46-36)26-38-24-22-20-18-16-14-12-10-8-6-4-2/h27-44H,3-26H2,1-2H3/t27-,28-,29-,30-,31+,32+,33-,34-,35-,36?/m1/s1. The van der Waals surface area contributed by atoms with Gasteiger partial charge in [-0.05, 0) is 25.9 Å². The zero-order chi connectivity index (χ0) is 34.3. The Balaban J connectivity index is 1.68. The van der Waals surface area contributed by atoms with Crippen LogP contribution in [0, 0.1) is 0 Å². The Kier molecular flexibility index (Phi) is 24.0. The largest absolute Gasteiger partial charge is 0.388 e. The monoisotopic (exact) mass is 677 g/mol. The lowest BCUT2D eigenvalue weighted by Gasteiger charge is -2.45. The number of rotatable bonds is 28. The zero-order valence-corrected chi connectivity index (χ0v) is 29.7. The van der Waals surface area contributed by atoms with E-state index in [2.05, 4.69) is 24.5 Å². The molecule has 0 spiro atoms. The van der Waals surface area contributed by atoms with Gasteiger partial charge in [-0.2, -0.15) is 0 Å². The maximum absolute atomic E-state index is 10.6. The first kappa shape index (κ1) is 42.7. The zero-order valence-electron chi connectivity index (χ0n) is 29.7. The molecule has 2 rings (SSSR count). The fourth-order valence-corrected chi connectivity index (χ4v) is 6.49. The summed E-state index contributed by atoms with van der Waals surface area (Å²) in [6.07, 6.45) is 11.3. The molecule has 0 aromatic carbocycles. The minimum atomic E-state index is -1.60. The lowest BCUT2D eigenvalue weighted by molar-refractivity contribution is -0.372. The van der Waals surface area contributed by atoms with Gasteiger partial charge in [0.25, 0.3) is 0 Å². The van der Waals surface area contributed by atoms with Crippen molar-refractivity contribution in [2.45, 2.75) is 204 Å². The molecule has 10 atom stereocenters. The third-order valence-electron chi connectivity index (χ3n) is 9.71. The third-order valence-corrected chi connectivity index (χ3v) is 9.71. The van der Waals surface area contributed by atoms with E-state index in [1.54, 1.807) is 0 Å². The summed E-state index contributed by atoms with van der Waals surface area (Å²) in [4.78, 5) is 0. The quantitative estimate of drug-likeness (QED) is 0.0569. The van der Waals surface area contributed by atoms with Crippen molar-refractivity contribution in [2.24, 2.45) is 0 Å². The molecule has 0 radical (unpaired) electrons. The van der Waals surface area contributed by atoms with Crippen molar-refractivity contribution >= 4 is 0 Å². The summed E-state index contributed by atoms with van der Waals surface area (Å²) in [5.41, 5.74) is 0. The molecule has 0 saturated carbocycles. The van der Waals surface area contributed by atoms with Crippen molar-refractivity contribution in [1.29, 1.82) is 0 Å². The van der Waals surface area contributed by atoms with Crippen LogP contribution in [0.2, 0.25) is 0 Å². The van der Waals surface area contributed by atoms with Crippen LogP contribution >= 0.6 is 0 Å². The number of aliphatic hydroxyl groups excluding tert-OH is 6. The molecule has 2 saturated heterocycles. The van der Waals surface area contributed by atoms with Crippen molar-refractivity contribution in [3.05, 3.63) is 0 Å². The normalized spacial score (nSPS) is 31.4. The van der Waals surface area contributed by atoms with Crippen LogP contribution < -0.4 is 10.6 Å². The van der Waals surface area contributed by atoms with Crippen LogP contribution in [-0.2, 0) is 14.2 Å². The van der Waals surface area contributed by atoms with E-state index in [1.165, 1.54) is 103 Å². The Morgan fingerprint density at radius 1 is 0.404 bits per heavy atom. The lowest BCUT2D eigenvalue weighted by atomic mass is 9.97. The second-order valence-corrected chi connectivity index (χ2v) is 13.9. The first-order valence-corrected chi connectivity index (χ1v) is 19.3. The molecule has 2 aliphatic rings. The van der Waals surface area contributed by atoms with Crippen molar-refractivity contribution in [2.75, 3.05) is 26.2 Å². The average molecular weight is 677 g/mol. The number of hydrogen-bond acceptors (Lipinski definition) is 11. The fraction of sp³-hybridized carbons (Fsp3) is 1.00. The number of hydrogen-bond donors (Lipinski definition) is 8. The highest BCUT2D eigenvalue weighted by atomic mass is 16.8.